The van der Waals surface area contributed by atoms with Gasteiger partial charge < -0.3 is 0 Å². The van der Waals surface area contributed by atoms with Gasteiger partial charge in [-0.05, 0) is 0 Å². The van der Waals surface area contributed by atoms with Gasteiger partial charge in [0.15, 0.2) is 0 Å². The first-order valence-corrected chi connectivity index (χ1v) is 17.9. The zero-order valence-electron chi connectivity index (χ0n) is 14.1. The van der Waals surface area contributed by atoms with E-state index in [9.17, 15) is 10.5 Å². The Morgan fingerprint density at radius 1 is 0.958 bits per heavy atom. The number of fused-ring (bicyclic) bond motifs is 1. The molecule has 2 nitrogen and oxygen atoms in total. The van der Waals surface area contributed by atoms with Gasteiger partial charge in [-0.2, -0.15) is 0 Å². The van der Waals surface area contributed by atoms with Gasteiger partial charge in [-0.1, -0.05) is 0 Å². The molecule has 0 aliphatic heterocycles. The van der Waals surface area contributed by atoms with E-state index in [1.54, 1.807) is 0 Å². The monoisotopic (exact) mass is 418 g/mol. The van der Waals surface area contributed by atoms with E-state index in [-0.39, 0.29) is 0 Å². The van der Waals surface area contributed by atoms with Crippen LogP contribution < -0.4 is 3.58 Å². The SMILES string of the molecule is [CH3][Sn]([CH3])([CH3])[c]1ccc(C2=CC3=C=CC=CC=C3C2(C#N)C#N)cc1. The molecule has 2 aliphatic carbocycles. The second kappa shape index (κ2) is 5.99. The van der Waals surface area contributed by atoms with E-state index in [0.717, 1.165) is 16.7 Å². The van der Waals surface area contributed by atoms with Crippen molar-refractivity contribution in [2.45, 2.75) is 14.8 Å². The van der Waals surface area contributed by atoms with Crippen molar-refractivity contribution < 1.29 is 0 Å². The summed E-state index contributed by atoms with van der Waals surface area (Å²) in [4.78, 5) is 7.12. The standard InChI is InChI=1S/C18H9N2.3CH3.Sn/c19-12-18(13-20)16-10-6-2-5-9-15(16)11-17(18)14-7-3-1-4-8-14;;;;/h2-8,10-11H;3*1H3;. The summed E-state index contributed by atoms with van der Waals surface area (Å²) in [5, 5.41) is 19.7. The molecule has 116 valence electrons. The van der Waals surface area contributed by atoms with Gasteiger partial charge in [-0.3, -0.25) is 0 Å². The molecule has 0 saturated heterocycles. The summed E-state index contributed by atoms with van der Waals surface area (Å²) in [5.41, 5.74) is 5.12. The summed E-state index contributed by atoms with van der Waals surface area (Å²) in [7, 11) is 0. The van der Waals surface area contributed by atoms with E-state index in [4.69, 9.17) is 0 Å². The molecule has 0 spiro atoms. The molecule has 3 rings (SSSR count). The average molecular weight is 417 g/mol. The van der Waals surface area contributed by atoms with E-state index in [1.807, 2.05) is 30.4 Å². The van der Waals surface area contributed by atoms with Gasteiger partial charge in [0.2, 0.25) is 0 Å². The summed E-state index contributed by atoms with van der Waals surface area (Å²) < 4.78 is 1.43. The molecule has 0 amide bonds. The van der Waals surface area contributed by atoms with E-state index in [0.29, 0.717) is 5.57 Å². The van der Waals surface area contributed by atoms with Crippen molar-refractivity contribution >= 4 is 27.5 Å². The number of nitrogens with zero attached hydrogens (tertiary/aromatic N) is 2. The van der Waals surface area contributed by atoms with Crippen molar-refractivity contribution in [3.05, 3.63) is 77.1 Å². The zero-order valence-corrected chi connectivity index (χ0v) is 16.9. The van der Waals surface area contributed by atoms with Crippen molar-refractivity contribution in [2.75, 3.05) is 0 Å². The molecule has 0 atom stereocenters. The number of rotatable bonds is 2. The molecule has 3 heteroatoms. The quantitative estimate of drug-likeness (QED) is 0.534. The Hall–Kier alpha value is -2.26. The fourth-order valence-electron chi connectivity index (χ4n) is 3.07. The van der Waals surface area contributed by atoms with Crippen LogP contribution in [0.2, 0.25) is 14.8 Å². The van der Waals surface area contributed by atoms with Gasteiger partial charge in [0.25, 0.3) is 0 Å². The fourth-order valence-corrected chi connectivity index (χ4v) is 6.40. The zero-order chi connectivity index (χ0) is 17.4. The van der Waals surface area contributed by atoms with Gasteiger partial charge in [-0.25, -0.2) is 0 Å². The molecule has 0 unspecified atom stereocenters. The summed E-state index contributed by atoms with van der Waals surface area (Å²) in [5.74, 6) is 0. The fraction of sp³-hybridized carbons (Fsp3) is 0.190. The van der Waals surface area contributed by atoms with Crippen LogP contribution in [0.3, 0.4) is 0 Å². The first-order chi connectivity index (χ1) is 11.4. The number of allylic oxidation sites excluding steroid dienone is 7. The van der Waals surface area contributed by atoms with Crippen LogP contribution in [0.15, 0.2) is 71.5 Å². The molecule has 0 saturated carbocycles. The summed E-state index contributed by atoms with van der Waals surface area (Å²) >= 11 is -2.12. The van der Waals surface area contributed by atoms with Crippen LogP contribution in [0, 0.1) is 28.1 Å². The van der Waals surface area contributed by atoms with Crippen LogP contribution in [0.25, 0.3) is 5.57 Å². The predicted molar refractivity (Wildman–Crippen MR) is 99.9 cm³/mol. The molecular weight excluding hydrogens is 399 g/mol. The molecule has 0 aromatic heterocycles. The number of hydrogen-bond acceptors (Lipinski definition) is 2. The van der Waals surface area contributed by atoms with Gasteiger partial charge in [0, 0.05) is 0 Å². The second-order valence-electron chi connectivity index (χ2n) is 7.05. The molecule has 0 radical (unpaired) electrons. The Morgan fingerprint density at radius 3 is 2.21 bits per heavy atom. The summed E-state index contributed by atoms with van der Waals surface area (Å²) in [6, 6.07) is 12.9. The molecular formula is C21H18N2Sn. The molecule has 0 bridgehead atoms. The molecule has 2 aliphatic rings. The van der Waals surface area contributed by atoms with Crippen molar-refractivity contribution in [1.82, 2.24) is 0 Å². The van der Waals surface area contributed by atoms with Crippen molar-refractivity contribution in [2.24, 2.45) is 5.41 Å². The number of benzene rings is 1. The van der Waals surface area contributed by atoms with Gasteiger partial charge in [0.1, 0.15) is 0 Å². The van der Waals surface area contributed by atoms with Gasteiger partial charge >= 0.3 is 148 Å². The predicted octanol–water partition coefficient (Wildman–Crippen LogP) is 4.24. The minimum absolute atomic E-state index is 0.714. The minimum atomic E-state index is -2.12. The number of hydrogen-bond donors (Lipinski definition) is 0. The molecule has 1 aromatic carbocycles. The average Bonchev–Trinajstić information content (AvgIpc) is 2.70. The Balaban J connectivity index is 2.17. The maximum absolute atomic E-state index is 9.84. The van der Waals surface area contributed by atoms with E-state index in [1.165, 1.54) is 3.58 Å². The Kier molecular flexibility index (Phi) is 4.14. The van der Waals surface area contributed by atoms with Crippen LogP contribution in [0.4, 0.5) is 0 Å². The summed E-state index contributed by atoms with van der Waals surface area (Å²) in [6.45, 7) is 0. The van der Waals surface area contributed by atoms with Crippen LogP contribution in [-0.2, 0) is 0 Å². The normalized spacial score (nSPS) is 17.8. The third-order valence-electron chi connectivity index (χ3n) is 4.49. The Morgan fingerprint density at radius 2 is 1.62 bits per heavy atom. The molecule has 0 N–H and O–H groups in total. The van der Waals surface area contributed by atoms with Crippen molar-refractivity contribution in [1.29, 1.82) is 10.5 Å². The molecule has 0 fully saturated rings. The topological polar surface area (TPSA) is 47.6 Å². The van der Waals surface area contributed by atoms with E-state index < -0.39 is 23.8 Å². The van der Waals surface area contributed by atoms with Crippen molar-refractivity contribution in [3.8, 4) is 12.1 Å². The van der Waals surface area contributed by atoms with Gasteiger partial charge in [0.05, 0.1) is 0 Å². The molecule has 0 heterocycles. The third-order valence-corrected chi connectivity index (χ3v) is 10.4. The number of nitriles is 2. The maximum atomic E-state index is 9.84. The van der Waals surface area contributed by atoms with Crippen LogP contribution in [-0.4, -0.2) is 18.4 Å². The van der Waals surface area contributed by atoms with Crippen molar-refractivity contribution in [3.63, 3.8) is 0 Å². The molecule has 24 heavy (non-hydrogen) atoms. The second-order valence-corrected chi connectivity index (χ2v) is 21.5. The van der Waals surface area contributed by atoms with Crippen LogP contribution in [0.1, 0.15) is 5.56 Å². The third kappa shape index (κ3) is 2.59. The van der Waals surface area contributed by atoms with Crippen LogP contribution >= 0.6 is 0 Å². The first-order valence-electron chi connectivity index (χ1n) is 7.92. The molecule has 1 aromatic rings. The van der Waals surface area contributed by atoms with Gasteiger partial charge in [-0.15, -0.1) is 0 Å². The van der Waals surface area contributed by atoms with Crippen LogP contribution in [0.5, 0.6) is 0 Å². The Bertz CT molecular complexity index is 916. The first kappa shape index (κ1) is 16.6. The van der Waals surface area contributed by atoms with E-state index in [2.05, 4.69) is 57.0 Å². The van der Waals surface area contributed by atoms with E-state index >= 15 is 0 Å². The summed E-state index contributed by atoms with van der Waals surface area (Å²) in [6.07, 6.45) is 9.30. The Labute approximate surface area is 147 Å².